The molecule has 0 fully saturated rings. The van der Waals surface area contributed by atoms with Crippen LogP contribution in [0.25, 0.3) is 11.1 Å². The van der Waals surface area contributed by atoms with Crippen LogP contribution < -0.4 is 9.80 Å². The van der Waals surface area contributed by atoms with Crippen LogP contribution in [-0.2, 0) is 12.8 Å². The van der Waals surface area contributed by atoms with E-state index in [4.69, 9.17) is 0 Å². The summed E-state index contributed by atoms with van der Waals surface area (Å²) in [5.41, 5.74) is 13.8. The quantitative estimate of drug-likeness (QED) is 0.193. The molecule has 7 rings (SSSR count). The van der Waals surface area contributed by atoms with Gasteiger partial charge < -0.3 is 9.80 Å². The van der Waals surface area contributed by atoms with Crippen LogP contribution in [0.5, 0.6) is 0 Å². The van der Waals surface area contributed by atoms with E-state index in [2.05, 4.69) is 168 Å². The molecule has 0 bridgehead atoms. The molecular weight excluding hydrogens is 520 g/mol. The Hall–Kier alpha value is -5.08. The van der Waals surface area contributed by atoms with E-state index >= 15 is 0 Å². The first-order valence-electron chi connectivity index (χ1n) is 15.3. The van der Waals surface area contributed by atoms with Gasteiger partial charge in [-0.15, -0.1) is 0 Å². The largest absolute Gasteiger partial charge is 0.310 e. The van der Waals surface area contributed by atoms with E-state index in [9.17, 15) is 0 Å². The lowest BCUT2D eigenvalue weighted by Gasteiger charge is -2.30. The van der Waals surface area contributed by atoms with Gasteiger partial charge in [0.15, 0.2) is 0 Å². The van der Waals surface area contributed by atoms with Gasteiger partial charge >= 0.3 is 0 Å². The summed E-state index contributed by atoms with van der Waals surface area (Å²) >= 11 is 0. The van der Waals surface area contributed by atoms with Gasteiger partial charge in [0.05, 0.1) is 0 Å². The summed E-state index contributed by atoms with van der Waals surface area (Å²) in [7, 11) is 0. The Kier molecular flexibility index (Phi) is 7.50. The predicted octanol–water partition coefficient (Wildman–Crippen LogP) is 11.5. The molecule has 2 nitrogen and oxygen atoms in total. The molecule has 0 spiro atoms. The lowest BCUT2D eigenvalue weighted by molar-refractivity contribution is 0.686. The number of fused-ring (bicyclic) bond motifs is 1. The fraction of sp³-hybridized carbons (Fsp3) is 0.122. The number of hydrogen-bond acceptors (Lipinski definition) is 2. The molecule has 0 radical (unpaired) electrons. The molecule has 6 aromatic rings. The lowest BCUT2D eigenvalue weighted by atomic mass is 9.90. The van der Waals surface area contributed by atoms with Crippen molar-refractivity contribution >= 4 is 34.1 Å². The summed E-state index contributed by atoms with van der Waals surface area (Å²) < 4.78 is 0. The van der Waals surface area contributed by atoms with Crippen LogP contribution in [0.4, 0.5) is 34.1 Å². The average molecular weight is 557 g/mol. The summed E-state index contributed by atoms with van der Waals surface area (Å²) in [6, 6.07) is 54.8. The van der Waals surface area contributed by atoms with Crippen molar-refractivity contribution in [2.45, 2.75) is 32.6 Å². The molecular formula is C41H36N2. The Balaban J connectivity index is 1.22. The van der Waals surface area contributed by atoms with E-state index in [1.807, 2.05) is 0 Å². The van der Waals surface area contributed by atoms with Gasteiger partial charge in [-0.2, -0.15) is 0 Å². The maximum Gasteiger partial charge on any atom is 0.0496 e. The monoisotopic (exact) mass is 556 g/mol. The second-order valence-corrected chi connectivity index (χ2v) is 11.4. The topological polar surface area (TPSA) is 6.48 Å². The van der Waals surface area contributed by atoms with Gasteiger partial charge in [0.1, 0.15) is 0 Å². The van der Waals surface area contributed by atoms with Crippen molar-refractivity contribution in [1.29, 1.82) is 0 Å². The van der Waals surface area contributed by atoms with E-state index < -0.39 is 0 Å². The van der Waals surface area contributed by atoms with Crippen LogP contribution in [0.2, 0.25) is 0 Å². The first kappa shape index (κ1) is 26.8. The van der Waals surface area contributed by atoms with Gasteiger partial charge in [-0.25, -0.2) is 0 Å². The van der Waals surface area contributed by atoms with Crippen molar-refractivity contribution in [3.63, 3.8) is 0 Å². The van der Waals surface area contributed by atoms with Gasteiger partial charge in [-0.3, -0.25) is 0 Å². The molecule has 1 aliphatic carbocycles. The minimum atomic E-state index is 1.14. The smallest absolute Gasteiger partial charge is 0.0496 e. The number of benzene rings is 6. The van der Waals surface area contributed by atoms with Crippen molar-refractivity contribution in [1.82, 2.24) is 0 Å². The second kappa shape index (κ2) is 12.0. The van der Waals surface area contributed by atoms with E-state index in [0.717, 1.165) is 23.5 Å². The van der Waals surface area contributed by atoms with E-state index in [-0.39, 0.29) is 0 Å². The molecule has 6 aromatic carbocycles. The van der Waals surface area contributed by atoms with Crippen molar-refractivity contribution in [3.8, 4) is 11.1 Å². The highest BCUT2D eigenvalue weighted by molar-refractivity contribution is 5.82. The average Bonchev–Trinajstić information content (AvgIpc) is 3.07. The Morgan fingerprint density at radius 1 is 0.419 bits per heavy atom. The lowest BCUT2D eigenvalue weighted by Crippen LogP contribution is -2.15. The zero-order valence-corrected chi connectivity index (χ0v) is 24.7. The van der Waals surface area contributed by atoms with Gasteiger partial charge in [0.25, 0.3) is 0 Å². The number of aryl methyl sites for hydroxylation is 2. The van der Waals surface area contributed by atoms with Gasteiger partial charge in [-0.05, 0) is 127 Å². The van der Waals surface area contributed by atoms with Crippen molar-refractivity contribution in [2.75, 3.05) is 9.80 Å². The number of anilines is 6. The molecule has 0 N–H and O–H groups in total. The Morgan fingerprint density at radius 3 is 1.56 bits per heavy atom. The molecule has 1 aliphatic rings. The van der Waals surface area contributed by atoms with E-state index in [1.165, 1.54) is 64.1 Å². The van der Waals surface area contributed by atoms with Crippen LogP contribution >= 0.6 is 0 Å². The SMILES string of the molecule is Cc1cccc(N(c2ccccc2)c2ccc(-c3ccc(N(c4ccccc4)c4cccc5c4CCCC5)cc3)cc2)c1. The number of rotatable bonds is 7. The molecule has 0 heterocycles. The van der Waals surface area contributed by atoms with Gasteiger partial charge in [0.2, 0.25) is 0 Å². The van der Waals surface area contributed by atoms with E-state index in [1.54, 1.807) is 0 Å². The van der Waals surface area contributed by atoms with Gasteiger partial charge in [0, 0.05) is 34.1 Å². The maximum atomic E-state index is 2.43. The summed E-state index contributed by atoms with van der Waals surface area (Å²) in [5, 5.41) is 0. The summed E-state index contributed by atoms with van der Waals surface area (Å²) in [6.45, 7) is 2.14. The van der Waals surface area contributed by atoms with E-state index in [0.29, 0.717) is 0 Å². The summed E-state index contributed by atoms with van der Waals surface area (Å²) in [6.07, 6.45) is 4.85. The number of hydrogen-bond donors (Lipinski definition) is 0. The first-order chi connectivity index (χ1) is 21.2. The first-order valence-corrected chi connectivity index (χ1v) is 15.3. The zero-order valence-electron chi connectivity index (χ0n) is 24.7. The molecule has 0 unspecified atom stereocenters. The molecule has 0 atom stereocenters. The van der Waals surface area contributed by atoms with Crippen LogP contribution in [-0.4, -0.2) is 0 Å². The molecule has 0 saturated carbocycles. The van der Waals surface area contributed by atoms with Crippen LogP contribution in [0.1, 0.15) is 29.5 Å². The van der Waals surface area contributed by atoms with Crippen LogP contribution in [0, 0.1) is 6.92 Å². The van der Waals surface area contributed by atoms with Crippen molar-refractivity contribution < 1.29 is 0 Å². The van der Waals surface area contributed by atoms with Crippen molar-refractivity contribution in [3.05, 3.63) is 168 Å². The minimum absolute atomic E-state index is 1.14. The van der Waals surface area contributed by atoms with Gasteiger partial charge in [-0.1, -0.05) is 84.9 Å². The summed E-state index contributed by atoms with van der Waals surface area (Å²) in [4.78, 5) is 4.74. The zero-order chi connectivity index (χ0) is 29.0. The normalized spacial score (nSPS) is 12.4. The molecule has 0 saturated heterocycles. The maximum absolute atomic E-state index is 2.43. The number of nitrogens with zero attached hydrogens (tertiary/aromatic N) is 2. The van der Waals surface area contributed by atoms with Crippen molar-refractivity contribution in [2.24, 2.45) is 0 Å². The summed E-state index contributed by atoms with van der Waals surface area (Å²) in [5.74, 6) is 0. The number of para-hydroxylation sites is 2. The molecule has 210 valence electrons. The third-order valence-electron chi connectivity index (χ3n) is 8.49. The Bertz CT molecular complexity index is 1810. The molecule has 2 heteroatoms. The molecule has 0 amide bonds. The molecule has 0 aliphatic heterocycles. The second-order valence-electron chi connectivity index (χ2n) is 11.4. The fourth-order valence-corrected chi connectivity index (χ4v) is 6.37. The predicted molar refractivity (Wildman–Crippen MR) is 183 cm³/mol. The van der Waals surface area contributed by atoms with Crippen LogP contribution in [0.15, 0.2) is 152 Å². The molecule has 43 heavy (non-hydrogen) atoms. The highest BCUT2D eigenvalue weighted by Crippen LogP contribution is 2.41. The standard InChI is InChI=1S/C41H36N2/c1-31-12-10-19-39(30-31)42(35-15-4-2-5-16-35)37-26-22-32(23-27-37)33-24-28-38(29-25-33)43(36-17-6-3-7-18-36)41-21-11-14-34-13-8-9-20-40(34)41/h2-7,10-12,14-19,21-30H,8-9,13,20H2,1H3. The Morgan fingerprint density at radius 2 is 0.930 bits per heavy atom. The third-order valence-corrected chi connectivity index (χ3v) is 8.49. The Labute approximate surface area is 255 Å². The molecule has 0 aromatic heterocycles. The highest BCUT2D eigenvalue weighted by atomic mass is 15.1. The third kappa shape index (κ3) is 5.57. The highest BCUT2D eigenvalue weighted by Gasteiger charge is 2.20. The minimum Gasteiger partial charge on any atom is -0.310 e. The fourth-order valence-electron chi connectivity index (χ4n) is 6.37. The van der Waals surface area contributed by atoms with Crippen LogP contribution in [0.3, 0.4) is 0 Å².